The van der Waals surface area contributed by atoms with E-state index in [1.54, 1.807) is 43.9 Å². The summed E-state index contributed by atoms with van der Waals surface area (Å²) in [5.74, 6) is 0.146. The van der Waals surface area contributed by atoms with E-state index in [1.165, 1.54) is 18.7 Å². The molecular formula is C22H26N2O6S. The van der Waals surface area contributed by atoms with E-state index in [-0.39, 0.29) is 17.8 Å². The van der Waals surface area contributed by atoms with Crippen LogP contribution in [0.4, 0.5) is 0 Å². The number of rotatable bonds is 6. The Kier molecular flexibility index (Phi) is 7.04. The van der Waals surface area contributed by atoms with E-state index < -0.39 is 18.0 Å². The molecule has 0 bridgehead atoms. The first-order chi connectivity index (χ1) is 14.7. The molecule has 1 saturated heterocycles. The van der Waals surface area contributed by atoms with E-state index in [0.717, 1.165) is 0 Å². The molecular weight excluding hydrogens is 420 g/mol. The van der Waals surface area contributed by atoms with E-state index >= 15 is 0 Å². The molecule has 1 fully saturated rings. The van der Waals surface area contributed by atoms with Gasteiger partial charge >= 0.3 is 11.9 Å². The summed E-state index contributed by atoms with van der Waals surface area (Å²) in [6.45, 7) is 8.75. The van der Waals surface area contributed by atoms with Gasteiger partial charge in [0.2, 0.25) is 5.91 Å². The number of esters is 2. The van der Waals surface area contributed by atoms with Gasteiger partial charge in [0.1, 0.15) is 0 Å². The van der Waals surface area contributed by atoms with Crippen LogP contribution in [0.2, 0.25) is 0 Å². The van der Waals surface area contributed by atoms with Gasteiger partial charge in [0.15, 0.2) is 16.7 Å². The zero-order chi connectivity index (χ0) is 22.7. The van der Waals surface area contributed by atoms with Crippen LogP contribution in [0.3, 0.4) is 0 Å². The molecule has 8 nitrogen and oxygen atoms in total. The van der Waals surface area contributed by atoms with Gasteiger partial charge < -0.3 is 14.2 Å². The molecule has 166 valence electrons. The van der Waals surface area contributed by atoms with Crippen molar-refractivity contribution >= 4 is 34.8 Å². The minimum atomic E-state index is -0.718. The van der Waals surface area contributed by atoms with Crippen LogP contribution in [-0.4, -0.2) is 46.4 Å². The molecule has 9 heteroatoms. The van der Waals surface area contributed by atoms with Crippen molar-refractivity contribution in [3.8, 4) is 11.5 Å². The third-order valence-electron chi connectivity index (χ3n) is 4.61. The molecule has 0 radical (unpaired) electrons. The lowest BCUT2D eigenvalue weighted by Gasteiger charge is -2.39. The molecule has 0 aliphatic carbocycles. The maximum absolute atomic E-state index is 13.0. The summed E-state index contributed by atoms with van der Waals surface area (Å²) in [5.41, 5.74) is 1.44. The maximum Gasteiger partial charge on any atom is 0.338 e. The van der Waals surface area contributed by atoms with Crippen molar-refractivity contribution in [1.82, 2.24) is 4.90 Å². The number of ether oxygens (including phenoxy) is 3. The maximum atomic E-state index is 13.0. The Bertz CT molecular complexity index is 969. The highest BCUT2D eigenvalue weighted by Crippen LogP contribution is 2.42. The lowest BCUT2D eigenvalue weighted by atomic mass is 9.93. The van der Waals surface area contributed by atoms with Crippen LogP contribution in [0.15, 0.2) is 34.5 Å². The Morgan fingerprint density at radius 3 is 2.68 bits per heavy atom. The second kappa shape index (κ2) is 9.55. The molecule has 0 aromatic heterocycles. The fourth-order valence-corrected chi connectivity index (χ4v) is 4.46. The highest BCUT2D eigenvalue weighted by molar-refractivity contribution is 8.14. The highest BCUT2D eigenvalue weighted by atomic mass is 32.2. The molecule has 0 saturated carbocycles. The molecule has 0 N–H and O–H groups in total. The molecule has 1 amide bonds. The fourth-order valence-electron chi connectivity index (χ4n) is 3.45. The molecule has 1 aromatic carbocycles. The van der Waals surface area contributed by atoms with E-state index in [0.29, 0.717) is 46.5 Å². The number of amidine groups is 1. The van der Waals surface area contributed by atoms with Gasteiger partial charge in [-0.25, -0.2) is 9.79 Å². The molecule has 1 aromatic rings. The van der Waals surface area contributed by atoms with Crippen molar-refractivity contribution < 1.29 is 28.6 Å². The number of carbonyl (C=O) groups is 3. The van der Waals surface area contributed by atoms with Crippen LogP contribution < -0.4 is 9.47 Å². The van der Waals surface area contributed by atoms with Gasteiger partial charge in [-0.15, -0.1) is 0 Å². The van der Waals surface area contributed by atoms with Crippen molar-refractivity contribution in [2.45, 2.75) is 53.2 Å². The number of hydrogen-bond acceptors (Lipinski definition) is 8. The number of amides is 1. The second-order valence-electron chi connectivity index (χ2n) is 7.35. The van der Waals surface area contributed by atoms with E-state index in [4.69, 9.17) is 14.2 Å². The smallest absolute Gasteiger partial charge is 0.338 e. The Labute approximate surface area is 185 Å². The monoisotopic (exact) mass is 446 g/mol. The number of carbonyl (C=O) groups excluding carboxylic acids is 3. The van der Waals surface area contributed by atoms with E-state index in [1.807, 2.05) is 6.92 Å². The molecule has 2 aliphatic heterocycles. The molecule has 2 aliphatic rings. The summed E-state index contributed by atoms with van der Waals surface area (Å²) >= 11 is 1.47. The zero-order valence-electron chi connectivity index (χ0n) is 18.3. The predicted octanol–water partition coefficient (Wildman–Crippen LogP) is 3.61. The van der Waals surface area contributed by atoms with E-state index in [9.17, 15) is 14.4 Å². The Morgan fingerprint density at radius 1 is 1.29 bits per heavy atom. The summed E-state index contributed by atoms with van der Waals surface area (Å²) in [4.78, 5) is 43.4. The summed E-state index contributed by atoms with van der Waals surface area (Å²) in [5, 5.41) is 0.557. The van der Waals surface area contributed by atoms with Crippen LogP contribution in [0, 0.1) is 0 Å². The molecule has 31 heavy (non-hydrogen) atoms. The minimum absolute atomic E-state index is 0.119. The third kappa shape index (κ3) is 4.92. The van der Waals surface area contributed by atoms with Gasteiger partial charge in [-0.1, -0.05) is 17.8 Å². The largest absolute Gasteiger partial charge is 0.490 e. The zero-order valence-corrected chi connectivity index (χ0v) is 19.1. The van der Waals surface area contributed by atoms with Crippen molar-refractivity contribution in [2.24, 2.45) is 4.99 Å². The third-order valence-corrected chi connectivity index (χ3v) is 5.56. The molecule has 0 spiro atoms. The number of thioether (sulfide) groups is 1. The van der Waals surface area contributed by atoms with Crippen LogP contribution >= 0.6 is 11.8 Å². The number of hydrogen-bond donors (Lipinski definition) is 0. The lowest BCUT2D eigenvalue weighted by Crippen LogP contribution is -2.46. The normalized spacial score (nSPS) is 18.5. The van der Waals surface area contributed by atoms with Crippen LogP contribution in [0.5, 0.6) is 11.5 Å². The predicted molar refractivity (Wildman–Crippen MR) is 117 cm³/mol. The standard InChI is InChI=1S/C22H26N2O6S/c1-6-28-17-11-15(7-8-16(17)30-14(5)25)20-19(21(27)29-12(2)3)13(4)23-22-24(20)18(26)9-10-31-22/h7-8,11-12,20H,6,9-10H2,1-5H3/t20-/m0/s1. The van der Waals surface area contributed by atoms with Gasteiger partial charge in [-0.3, -0.25) is 14.5 Å². The lowest BCUT2D eigenvalue weighted by molar-refractivity contribution is -0.143. The number of fused-ring (bicyclic) bond motifs is 1. The SMILES string of the molecule is CCOc1cc([C@H]2C(C(=O)OC(C)C)=C(C)N=C3SCCC(=O)N32)ccc1OC(C)=O. The van der Waals surface area contributed by atoms with Gasteiger partial charge in [0.25, 0.3) is 0 Å². The van der Waals surface area contributed by atoms with Crippen molar-refractivity contribution in [2.75, 3.05) is 12.4 Å². The average molecular weight is 447 g/mol. The minimum Gasteiger partial charge on any atom is -0.490 e. The number of benzene rings is 1. The molecule has 2 heterocycles. The van der Waals surface area contributed by atoms with Gasteiger partial charge in [0.05, 0.1) is 30.0 Å². The fraction of sp³-hybridized carbons (Fsp3) is 0.455. The van der Waals surface area contributed by atoms with Gasteiger partial charge in [0, 0.05) is 19.1 Å². The first kappa shape index (κ1) is 22.9. The first-order valence-corrected chi connectivity index (χ1v) is 11.1. The van der Waals surface area contributed by atoms with Gasteiger partial charge in [-0.05, 0) is 45.4 Å². The molecule has 1 atom stereocenters. The first-order valence-electron chi connectivity index (χ1n) is 10.1. The van der Waals surface area contributed by atoms with Crippen molar-refractivity contribution in [3.63, 3.8) is 0 Å². The highest BCUT2D eigenvalue weighted by Gasteiger charge is 2.42. The van der Waals surface area contributed by atoms with Gasteiger partial charge in [-0.2, -0.15) is 0 Å². The number of allylic oxidation sites excluding steroid dienone is 1. The van der Waals surface area contributed by atoms with Crippen LogP contribution in [0.1, 0.15) is 52.6 Å². The Hall–Kier alpha value is -2.81. The van der Waals surface area contributed by atoms with Crippen LogP contribution in [-0.2, 0) is 19.1 Å². The summed E-state index contributed by atoms with van der Waals surface area (Å²) in [6, 6.07) is 4.30. The molecule has 3 rings (SSSR count). The second-order valence-corrected chi connectivity index (χ2v) is 8.41. The summed E-state index contributed by atoms with van der Waals surface area (Å²) < 4.78 is 16.4. The number of nitrogens with zero attached hydrogens (tertiary/aromatic N) is 2. The summed E-state index contributed by atoms with van der Waals surface area (Å²) in [7, 11) is 0. The topological polar surface area (TPSA) is 94.5 Å². The van der Waals surface area contributed by atoms with Crippen LogP contribution in [0.25, 0.3) is 0 Å². The Balaban J connectivity index is 2.14. The Morgan fingerprint density at radius 2 is 2.03 bits per heavy atom. The summed E-state index contributed by atoms with van der Waals surface area (Å²) in [6.07, 6.45) is 0.0193. The van der Waals surface area contributed by atoms with Crippen molar-refractivity contribution in [3.05, 3.63) is 35.0 Å². The van der Waals surface area contributed by atoms with E-state index in [2.05, 4.69) is 4.99 Å². The quantitative estimate of drug-likeness (QED) is 0.487. The molecule has 0 unspecified atom stereocenters. The van der Waals surface area contributed by atoms with Crippen molar-refractivity contribution in [1.29, 1.82) is 0 Å². The average Bonchev–Trinajstić information content (AvgIpc) is 2.67. The number of aliphatic imine (C=N–C) groups is 1.